The fourth-order valence-electron chi connectivity index (χ4n) is 6.80. The summed E-state index contributed by atoms with van der Waals surface area (Å²) in [5, 5.41) is 27.9. The summed E-state index contributed by atoms with van der Waals surface area (Å²) in [4.78, 5) is 92.5. The number of thioether (sulfide) groups is 1. The molecule has 5 rings (SSSR count). The molecule has 29 heteroatoms. The first-order chi connectivity index (χ1) is 30.9. The maximum Gasteiger partial charge on any atom is 0.481 e. The molecular weight excluding hydrogens is 953 g/mol. The molecule has 0 spiro atoms. The highest BCUT2D eigenvalue weighted by Crippen LogP contribution is 2.61. The van der Waals surface area contributed by atoms with Gasteiger partial charge in [-0.15, -0.1) is 0 Å². The molecule has 0 radical (unpaired) electrons. The minimum Gasteiger partial charge on any atom is -0.386 e. The molecule has 1 saturated heterocycles. The van der Waals surface area contributed by atoms with Crippen molar-refractivity contribution in [1.82, 2.24) is 35.1 Å². The third-order valence-electron chi connectivity index (χ3n) is 10.6. The Bertz CT molecular complexity index is 2470. The number of Topliss-reactive ketones (excluding diaryl/α,β-unsaturated/α-hetero) is 1. The van der Waals surface area contributed by atoms with E-state index in [4.69, 9.17) is 19.5 Å². The van der Waals surface area contributed by atoms with Gasteiger partial charge in [-0.1, -0.05) is 45.9 Å². The topological polar surface area (TPSA) is 379 Å². The number of phosphoric ester groups is 3. The van der Waals surface area contributed by atoms with Crippen LogP contribution in [0.1, 0.15) is 58.7 Å². The monoisotopic (exact) mass is 1010 g/mol. The van der Waals surface area contributed by atoms with Gasteiger partial charge in [0.25, 0.3) is 0 Å². The molecule has 1 aliphatic heterocycles. The van der Waals surface area contributed by atoms with Crippen molar-refractivity contribution in [2.45, 2.75) is 89.3 Å². The van der Waals surface area contributed by atoms with Crippen LogP contribution in [0, 0.1) is 11.3 Å². The number of hydrogen-bond acceptors (Lipinski definition) is 18. The number of anilines is 1. The molecule has 4 aromatic rings. The zero-order valence-electron chi connectivity index (χ0n) is 36.2. The van der Waals surface area contributed by atoms with Gasteiger partial charge in [0.1, 0.15) is 42.0 Å². The lowest BCUT2D eigenvalue weighted by molar-refractivity contribution is -0.137. The SMILES string of the molecule is CC(SCCNC(=O)CCNC(=O)[C@H](O)C(C)(C)COP(=O)(O)OP(=O)(O)OC[C@H]1O[C@@H](n2cnc3c(N)ncnc32)[C@H](O)[C@@H]1OP(=O)(O)O)C(C)C(=O)CCCc1c[nH]c2ccccc12. The Morgan fingerprint density at radius 3 is 2.45 bits per heavy atom. The van der Waals surface area contributed by atoms with Gasteiger partial charge in [0, 0.05) is 65.4 Å². The Kier molecular flexibility index (Phi) is 18.3. The fraction of sp³-hybridized carbons (Fsp3) is 0.568. The second kappa shape index (κ2) is 22.6. The number of carbonyl (C=O) groups is 3. The molecule has 11 N–H and O–H groups in total. The molecule has 1 fully saturated rings. The first kappa shape index (κ1) is 53.3. The smallest absolute Gasteiger partial charge is 0.386 e. The summed E-state index contributed by atoms with van der Waals surface area (Å²) < 4.78 is 62.5. The Morgan fingerprint density at radius 1 is 1.02 bits per heavy atom. The number of aliphatic hydroxyl groups excluding tert-OH is 2. The Morgan fingerprint density at radius 2 is 1.73 bits per heavy atom. The highest BCUT2D eigenvalue weighted by atomic mass is 32.2. The number of amides is 2. The second-order valence-corrected chi connectivity index (χ2v) is 21.8. The van der Waals surface area contributed by atoms with E-state index in [1.54, 1.807) is 11.8 Å². The van der Waals surface area contributed by atoms with Gasteiger partial charge in [-0.05, 0) is 24.5 Å². The average Bonchev–Trinajstić information content (AvgIpc) is 3.95. The van der Waals surface area contributed by atoms with Crippen LogP contribution in [0.2, 0.25) is 0 Å². The fourth-order valence-corrected chi connectivity index (χ4v) is 10.7. The summed E-state index contributed by atoms with van der Waals surface area (Å²) in [6.45, 7) is 4.52. The number of aromatic nitrogens is 5. The summed E-state index contributed by atoms with van der Waals surface area (Å²) in [5.41, 5.74) is 6.53. The van der Waals surface area contributed by atoms with Gasteiger partial charge in [-0.2, -0.15) is 16.1 Å². The number of rotatable bonds is 26. The van der Waals surface area contributed by atoms with Gasteiger partial charge in [-0.3, -0.25) is 32.5 Å². The van der Waals surface area contributed by atoms with E-state index < -0.39 is 78.6 Å². The van der Waals surface area contributed by atoms with Gasteiger partial charge in [0.2, 0.25) is 11.8 Å². The highest BCUT2D eigenvalue weighted by molar-refractivity contribution is 7.99. The van der Waals surface area contributed by atoms with Crippen molar-refractivity contribution in [2.24, 2.45) is 11.3 Å². The number of phosphoric acid groups is 3. The number of ether oxygens (including phenoxy) is 1. The van der Waals surface area contributed by atoms with E-state index in [9.17, 15) is 57.9 Å². The summed E-state index contributed by atoms with van der Waals surface area (Å²) >= 11 is 1.55. The second-order valence-electron chi connectivity index (χ2n) is 16.1. The van der Waals surface area contributed by atoms with Crippen LogP contribution in [0.5, 0.6) is 0 Å². The van der Waals surface area contributed by atoms with Crippen molar-refractivity contribution in [1.29, 1.82) is 0 Å². The predicted octanol–water partition coefficient (Wildman–Crippen LogP) is 2.24. The number of aryl methyl sites for hydroxylation is 1. The van der Waals surface area contributed by atoms with E-state index in [-0.39, 0.29) is 52.8 Å². The molecule has 1 aliphatic rings. The van der Waals surface area contributed by atoms with E-state index in [2.05, 4.69) is 45.5 Å². The number of nitrogens with zero attached hydrogens (tertiary/aromatic N) is 4. The van der Waals surface area contributed by atoms with Crippen LogP contribution in [0.4, 0.5) is 5.82 Å². The number of ketones is 1. The number of hydrogen-bond donors (Lipinski definition) is 10. The average molecular weight is 1010 g/mol. The predicted molar refractivity (Wildman–Crippen MR) is 237 cm³/mol. The lowest BCUT2D eigenvalue weighted by Gasteiger charge is -2.30. The standard InChI is InChI=1S/C37H55N8O17P3S/c1-21(26(46)11-7-8-23-16-41-25-10-6-5-9-24(23)25)22(2)66-15-14-39-28(47)12-13-40-35(50)32(49)37(3,4)18-59-65(56,57)62-64(54,55)58-17-27-31(61-63(51,52)53)30(48)36(60-27)45-20-44-29-33(38)42-19-43-34(29)45/h5-6,9-10,16,19-22,27,30-32,36,41,48-49H,7-8,11-15,17-18H2,1-4H3,(H,39,47)(H,40,50)(H,54,55)(H,56,57)(H2,38,42,43)(H2,51,52,53)/t21?,22?,27-,30-,31-,32+,36-/m1/s1. The molecule has 4 heterocycles. The molecule has 2 amide bonds. The van der Waals surface area contributed by atoms with Gasteiger partial charge in [0.05, 0.1) is 19.5 Å². The number of benzene rings is 1. The van der Waals surface area contributed by atoms with Crippen LogP contribution in [0.3, 0.4) is 0 Å². The maximum atomic E-state index is 12.9. The van der Waals surface area contributed by atoms with Crippen molar-refractivity contribution in [3.05, 3.63) is 48.7 Å². The van der Waals surface area contributed by atoms with Crippen LogP contribution in [-0.2, 0) is 57.1 Å². The number of nitrogens with two attached hydrogens (primary N) is 1. The number of fused-ring (bicyclic) bond motifs is 2. The number of nitrogen functional groups attached to an aromatic ring is 1. The first-order valence-corrected chi connectivity index (χ1v) is 26.0. The van der Waals surface area contributed by atoms with Gasteiger partial charge < -0.3 is 55.9 Å². The maximum absolute atomic E-state index is 12.9. The van der Waals surface area contributed by atoms with E-state index in [0.29, 0.717) is 18.7 Å². The molecule has 1 aromatic carbocycles. The molecule has 66 heavy (non-hydrogen) atoms. The summed E-state index contributed by atoms with van der Waals surface area (Å²) in [6, 6.07) is 8.03. The molecule has 0 aliphatic carbocycles. The molecule has 25 nitrogen and oxygen atoms in total. The van der Waals surface area contributed by atoms with Crippen LogP contribution < -0.4 is 16.4 Å². The van der Waals surface area contributed by atoms with Crippen molar-refractivity contribution in [3.63, 3.8) is 0 Å². The first-order valence-electron chi connectivity index (χ1n) is 20.5. The van der Waals surface area contributed by atoms with E-state index >= 15 is 0 Å². The lowest BCUT2D eigenvalue weighted by atomic mass is 9.87. The zero-order valence-corrected chi connectivity index (χ0v) is 39.7. The van der Waals surface area contributed by atoms with Crippen molar-refractivity contribution in [2.75, 3.05) is 37.8 Å². The Hall–Kier alpha value is -3.68. The molecular formula is C37H55N8O17P3S. The number of aliphatic hydroxyl groups is 2. The minimum atomic E-state index is -5.58. The minimum absolute atomic E-state index is 0.0206. The van der Waals surface area contributed by atoms with E-state index in [1.807, 2.05) is 38.2 Å². The normalized spacial score (nSPS) is 21.2. The molecule has 3 aromatic heterocycles. The van der Waals surface area contributed by atoms with E-state index in [1.165, 1.54) is 19.4 Å². The third kappa shape index (κ3) is 14.7. The van der Waals surface area contributed by atoms with Crippen molar-refractivity contribution in [3.8, 4) is 0 Å². The van der Waals surface area contributed by atoms with Crippen LogP contribution >= 0.6 is 35.2 Å². The number of carbonyl (C=O) groups excluding carboxylic acids is 3. The number of para-hydroxylation sites is 1. The Balaban J connectivity index is 0.991. The van der Waals surface area contributed by atoms with Crippen LogP contribution in [0.25, 0.3) is 22.1 Å². The number of imidazole rings is 1. The largest absolute Gasteiger partial charge is 0.481 e. The van der Waals surface area contributed by atoms with Gasteiger partial charge in [0.15, 0.2) is 17.7 Å². The number of nitrogens with one attached hydrogen (secondary N) is 3. The molecule has 0 saturated carbocycles. The molecule has 366 valence electrons. The Labute approximate surface area is 382 Å². The molecule has 9 atom stereocenters. The number of aromatic amines is 1. The van der Waals surface area contributed by atoms with Crippen molar-refractivity contribution >= 4 is 80.7 Å². The van der Waals surface area contributed by atoms with Crippen LogP contribution in [0.15, 0.2) is 43.1 Å². The van der Waals surface area contributed by atoms with Gasteiger partial charge >= 0.3 is 23.5 Å². The van der Waals surface area contributed by atoms with Crippen LogP contribution in [-0.4, -0.2) is 134 Å². The summed E-state index contributed by atoms with van der Waals surface area (Å²) in [6.07, 6.45) is -2.91. The lowest BCUT2D eigenvalue weighted by Crippen LogP contribution is -2.46. The van der Waals surface area contributed by atoms with Gasteiger partial charge in [-0.25, -0.2) is 28.6 Å². The van der Waals surface area contributed by atoms with E-state index in [0.717, 1.165) is 41.0 Å². The number of H-pyrrole nitrogens is 1. The summed E-state index contributed by atoms with van der Waals surface area (Å²) in [7, 11) is -16.4. The van der Waals surface area contributed by atoms with Crippen molar-refractivity contribution < 1.29 is 80.5 Å². The third-order valence-corrected chi connectivity index (χ3v) is 15.1. The highest BCUT2D eigenvalue weighted by Gasteiger charge is 2.50. The zero-order chi connectivity index (χ0) is 48.6. The quantitative estimate of drug-likeness (QED) is 0.0318. The molecule has 0 bridgehead atoms. The summed E-state index contributed by atoms with van der Waals surface area (Å²) in [5.74, 6) is -0.846. The molecule has 4 unspecified atom stereocenters.